The van der Waals surface area contributed by atoms with Gasteiger partial charge in [-0.3, -0.25) is 4.79 Å². The Morgan fingerprint density at radius 1 is 1.45 bits per heavy atom. The quantitative estimate of drug-likeness (QED) is 0.393. The molecule has 5 heteroatoms. The molecule has 0 aliphatic carbocycles. The Morgan fingerprint density at radius 3 is 2.36 bits per heavy atom. The molecule has 0 bridgehead atoms. The Bertz CT molecular complexity index is 129. The van der Waals surface area contributed by atoms with Gasteiger partial charge in [-0.05, 0) is 12.8 Å². The van der Waals surface area contributed by atoms with Crippen LogP contribution in [0.2, 0.25) is 0 Å². The summed E-state index contributed by atoms with van der Waals surface area (Å²) in [5.74, 6) is -1.05. The molecule has 0 aromatic heterocycles. The van der Waals surface area contributed by atoms with Crippen LogP contribution >= 0.6 is 0 Å². The lowest BCUT2D eigenvalue weighted by Gasteiger charge is -2.09. The van der Waals surface area contributed by atoms with Gasteiger partial charge in [-0.2, -0.15) is 0 Å². The Hall–Kier alpha value is -0.650. The lowest BCUT2D eigenvalue weighted by atomic mass is 10.1. The number of nitrogens with two attached hydrogens (primary N) is 2. The highest BCUT2D eigenvalue weighted by molar-refractivity contribution is 5.72. The normalized spacial score (nSPS) is 15.9. The van der Waals surface area contributed by atoms with Crippen molar-refractivity contribution in [2.45, 2.75) is 25.0 Å². The summed E-state index contributed by atoms with van der Waals surface area (Å²) in [4.78, 5) is 10.2. The molecule has 0 aliphatic rings. The summed E-state index contributed by atoms with van der Waals surface area (Å²) in [6.07, 6.45) is -0.0436. The molecule has 11 heavy (non-hydrogen) atoms. The van der Waals surface area contributed by atoms with E-state index in [1.165, 1.54) is 0 Å². The molecule has 66 valence electrons. The molecule has 0 spiro atoms. The Balaban J connectivity index is 3.45. The Kier molecular flexibility index (Phi) is 4.76. The van der Waals surface area contributed by atoms with Gasteiger partial charge >= 0.3 is 5.97 Å². The van der Waals surface area contributed by atoms with Crippen LogP contribution in [0.15, 0.2) is 0 Å². The van der Waals surface area contributed by atoms with E-state index in [4.69, 9.17) is 21.7 Å². The summed E-state index contributed by atoms with van der Waals surface area (Å²) in [6.45, 7) is 0.145. The van der Waals surface area contributed by atoms with Gasteiger partial charge in [0, 0.05) is 6.54 Å². The number of rotatable bonds is 5. The summed E-state index contributed by atoms with van der Waals surface area (Å²) in [7, 11) is 0. The Labute approximate surface area is 65.0 Å². The van der Waals surface area contributed by atoms with Gasteiger partial charge in [0.05, 0.1) is 6.10 Å². The minimum Gasteiger partial charge on any atom is -0.480 e. The standard InChI is InChI=1S/C6H14N2O3/c7-3-4(9)1-2-5(8)6(10)11/h4-5,9H,1-3,7-8H2,(H,10,11)/t4-,5-/m1/s1. The first kappa shape index (κ1) is 10.3. The molecular weight excluding hydrogens is 148 g/mol. The minimum absolute atomic E-state index is 0.145. The fourth-order valence-corrected chi connectivity index (χ4v) is 0.613. The van der Waals surface area contributed by atoms with Crippen LogP contribution in [-0.4, -0.2) is 34.9 Å². The van der Waals surface area contributed by atoms with E-state index in [2.05, 4.69) is 0 Å². The highest BCUT2D eigenvalue weighted by atomic mass is 16.4. The average Bonchev–Trinajstić information content (AvgIpc) is 1.99. The molecule has 0 aromatic rings. The van der Waals surface area contributed by atoms with E-state index in [-0.39, 0.29) is 13.0 Å². The lowest BCUT2D eigenvalue weighted by Crippen LogP contribution is -2.32. The summed E-state index contributed by atoms with van der Waals surface area (Å²) in [5, 5.41) is 17.2. The minimum atomic E-state index is -1.05. The number of aliphatic hydroxyl groups excluding tert-OH is 1. The fourth-order valence-electron chi connectivity index (χ4n) is 0.613. The molecule has 0 amide bonds. The first-order chi connectivity index (χ1) is 5.07. The first-order valence-corrected chi connectivity index (χ1v) is 3.44. The molecule has 0 fully saturated rings. The molecule has 0 heterocycles. The molecule has 0 aliphatic heterocycles. The van der Waals surface area contributed by atoms with Gasteiger partial charge < -0.3 is 21.7 Å². The number of hydrogen-bond donors (Lipinski definition) is 4. The van der Waals surface area contributed by atoms with E-state index in [1.807, 2.05) is 0 Å². The molecule has 0 saturated carbocycles. The van der Waals surface area contributed by atoms with Crippen LogP contribution < -0.4 is 11.5 Å². The molecule has 0 aromatic carbocycles. The van der Waals surface area contributed by atoms with Crippen molar-refractivity contribution in [3.05, 3.63) is 0 Å². The molecule has 0 radical (unpaired) electrons. The number of carbonyl (C=O) groups is 1. The van der Waals surface area contributed by atoms with Crippen molar-refractivity contribution in [1.29, 1.82) is 0 Å². The largest absolute Gasteiger partial charge is 0.480 e. The van der Waals surface area contributed by atoms with Crippen LogP contribution in [0.25, 0.3) is 0 Å². The molecule has 5 nitrogen and oxygen atoms in total. The van der Waals surface area contributed by atoms with Gasteiger partial charge in [0.1, 0.15) is 6.04 Å². The van der Waals surface area contributed by atoms with Crippen molar-refractivity contribution in [3.63, 3.8) is 0 Å². The smallest absolute Gasteiger partial charge is 0.320 e. The first-order valence-electron chi connectivity index (χ1n) is 3.44. The van der Waals surface area contributed by atoms with E-state index in [0.717, 1.165) is 0 Å². The zero-order valence-corrected chi connectivity index (χ0v) is 6.23. The van der Waals surface area contributed by atoms with Crippen LogP contribution in [0.3, 0.4) is 0 Å². The zero-order chi connectivity index (χ0) is 8.85. The molecule has 0 rings (SSSR count). The van der Waals surface area contributed by atoms with Crippen LogP contribution in [0, 0.1) is 0 Å². The monoisotopic (exact) mass is 162 g/mol. The number of hydrogen-bond acceptors (Lipinski definition) is 4. The molecular formula is C6H14N2O3. The van der Waals surface area contributed by atoms with Crippen molar-refractivity contribution in [2.75, 3.05) is 6.54 Å². The zero-order valence-electron chi connectivity index (χ0n) is 6.23. The highest BCUT2D eigenvalue weighted by Gasteiger charge is 2.12. The average molecular weight is 162 g/mol. The second kappa shape index (κ2) is 5.06. The Morgan fingerprint density at radius 2 is 2.00 bits per heavy atom. The number of carboxylic acids is 1. The van der Waals surface area contributed by atoms with Crippen molar-refractivity contribution >= 4 is 5.97 Å². The summed E-state index contributed by atoms with van der Waals surface area (Å²) in [5.41, 5.74) is 10.3. The second-order valence-corrected chi connectivity index (χ2v) is 2.41. The SMILES string of the molecule is NC[C@H](O)CC[C@@H](N)C(=O)O. The summed E-state index contributed by atoms with van der Waals surface area (Å²) < 4.78 is 0. The van der Waals surface area contributed by atoms with Crippen molar-refractivity contribution in [3.8, 4) is 0 Å². The summed E-state index contributed by atoms with van der Waals surface area (Å²) >= 11 is 0. The van der Waals surface area contributed by atoms with Gasteiger partial charge in [-0.15, -0.1) is 0 Å². The van der Waals surface area contributed by atoms with Crippen LogP contribution in [0.5, 0.6) is 0 Å². The predicted molar refractivity (Wildman–Crippen MR) is 39.9 cm³/mol. The maximum atomic E-state index is 10.2. The van der Waals surface area contributed by atoms with Crippen LogP contribution in [0.1, 0.15) is 12.8 Å². The number of carboxylic acid groups (broad SMARTS) is 1. The third-order valence-electron chi connectivity index (χ3n) is 1.40. The van der Waals surface area contributed by atoms with E-state index in [1.54, 1.807) is 0 Å². The predicted octanol–water partition coefficient (Wildman–Crippen LogP) is -1.50. The van der Waals surface area contributed by atoms with Crippen molar-refractivity contribution < 1.29 is 15.0 Å². The van der Waals surface area contributed by atoms with Crippen molar-refractivity contribution in [2.24, 2.45) is 11.5 Å². The van der Waals surface area contributed by atoms with E-state index >= 15 is 0 Å². The maximum absolute atomic E-state index is 10.2. The van der Waals surface area contributed by atoms with Crippen LogP contribution in [-0.2, 0) is 4.79 Å². The number of aliphatic carboxylic acids is 1. The summed E-state index contributed by atoms with van der Waals surface area (Å²) in [6, 6.07) is -0.892. The third-order valence-corrected chi connectivity index (χ3v) is 1.40. The highest BCUT2D eigenvalue weighted by Crippen LogP contribution is 1.98. The maximum Gasteiger partial charge on any atom is 0.320 e. The fraction of sp³-hybridized carbons (Fsp3) is 0.833. The molecule has 0 saturated heterocycles. The third kappa shape index (κ3) is 4.72. The molecule has 0 unspecified atom stereocenters. The molecule has 6 N–H and O–H groups in total. The van der Waals surface area contributed by atoms with Gasteiger partial charge in [0.2, 0.25) is 0 Å². The topological polar surface area (TPSA) is 110 Å². The van der Waals surface area contributed by atoms with Gasteiger partial charge in [-0.25, -0.2) is 0 Å². The molecule has 2 atom stereocenters. The van der Waals surface area contributed by atoms with Crippen molar-refractivity contribution in [1.82, 2.24) is 0 Å². The van der Waals surface area contributed by atoms with Crippen LogP contribution in [0.4, 0.5) is 0 Å². The lowest BCUT2D eigenvalue weighted by molar-refractivity contribution is -0.138. The number of aliphatic hydroxyl groups is 1. The van der Waals surface area contributed by atoms with E-state index < -0.39 is 18.1 Å². The van der Waals surface area contributed by atoms with Gasteiger partial charge in [0.25, 0.3) is 0 Å². The van der Waals surface area contributed by atoms with Gasteiger partial charge in [0.15, 0.2) is 0 Å². The van der Waals surface area contributed by atoms with Gasteiger partial charge in [-0.1, -0.05) is 0 Å². The second-order valence-electron chi connectivity index (χ2n) is 2.41. The van der Waals surface area contributed by atoms with E-state index in [9.17, 15) is 4.79 Å². The van der Waals surface area contributed by atoms with E-state index in [0.29, 0.717) is 6.42 Å².